The molecule has 0 atom stereocenters. The SMILES string of the molecule is CCOC(=O)c1nonc1SCCOC(F)F. The number of carbonyl (C=O) groups excluding carboxylic acids is 1. The number of ether oxygens (including phenoxy) is 2. The first-order valence-corrected chi connectivity index (χ1v) is 5.66. The summed E-state index contributed by atoms with van der Waals surface area (Å²) < 4.78 is 36.4. The Balaban J connectivity index is 2.43. The van der Waals surface area contributed by atoms with Gasteiger partial charge < -0.3 is 9.47 Å². The summed E-state index contributed by atoms with van der Waals surface area (Å²) in [4.78, 5) is 11.3. The molecule has 1 heterocycles. The summed E-state index contributed by atoms with van der Waals surface area (Å²) in [5, 5.41) is 7.04. The molecule has 0 fully saturated rings. The van der Waals surface area contributed by atoms with Crippen molar-refractivity contribution < 1.29 is 27.7 Å². The molecule has 17 heavy (non-hydrogen) atoms. The van der Waals surface area contributed by atoms with Crippen molar-refractivity contribution in [3.05, 3.63) is 5.69 Å². The lowest BCUT2D eigenvalue weighted by atomic mass is 10.5. The van der Waals surface area contributed by atoms with E-state index in [0.717, 1.165) is 11.8 Å². The molecule has 0 aliphatic carbocycles. The minimum atomic E-state index is -2.81. The second-order valence-electron chi connectivity index (χ2n) is 2.62. The highest BCUT2D eigenvalue weighted by Gasteiger charge is 2.19. The summed E-state index contributed by atoms with van der Waals surface area (Å²) in [5.74, 6) is -0.462. The molecule has 0 spiro atoms. The number of nitrogens with zero attached hydrogens (tertiary/aromatic N) is 2. The molecule has 0 saturated heterocycles. The molecule has 1 aromatic heterocycles. The van der Waals surface area contributed by atoms with E-state index in [9.17, 15) is 13.6 Å². The number of esters is 1. The van der Waals surface area contributed by atoms with Crippen molar-refractivity contribution in [3.63, 3.8) is 0 Å². The molecule has 0 bridgehead atoms. The van der Waals surface area contributed by atoms with Crippen LogP contribution in [0.3, 0.4) is 0 Å². The largest absolute Gasteiger partial charge is 0.461 e. The van der Waals surface area contributed by atoms with Crippen molar-refractivity contribution in [2.45, 2.75) is 18.6 Å². The van der Waals surface area contributed by atoms with Crippen LogP contribution in [-0.4, -0.2) is 41.9 Å². The maximum atomic E-state index is 11.7. The van der Waals surface area contributed by atoms with Crippen molar-refractivity contribution in [3.8, 4) is 0 Å². The third-order valence-electron chi connectivity index (χ3n) is 1.49. The third kappa shape index (κ3) is 4.65. The first kappa shape index (κ1) is 13.8. The van der Waals surface area contributed by atoms with Crippen LogP contribution in [0.2, 0.25) is 0 Å². The Labute approximate surface area is 99.6 Å². The van der Waals surface area contributed by atoms with Gasteiger partial charge in [0.25, 0.3) is 0 Å². The van der Waals surface area contributed by atoms with Crippen molar-refractivity contribution in [2.24, 2.45) is 0 Å². The van der Waals surface area contributed by atoms with E-state index >= 15 is 0 Å². The van der Waals surface area contributed by atoms with E-state index in [1.165, 1.54) is 0 Å². The highest BCUT2D eigenvalue weighted by molar-refractivity contribution is 7.99. The predicted octanol–water partition coefficient (Wildman–Crippen LogP) is 1.58. The van der Waals surface area contributed by atoms with E-state index in [-0.39, 0.29) is 29.7 Å². The lowest BCUT2D eigenvalue weighted by Crippen LogP contribution is -2.07. The zero-order valence-electron chi connectivity index (χ0n) is 8.89. The molecule has 0 saturated carbocycles. The van der Waals surface area contributed by atoms with Crippen LogP contribution in [0.4, 0.5) is 8.78 Å². The summed E-state index contributed by atoms with van der Waals surface area (Å²) in [7, 11) is 0. The molecule has 0 unspecified atom stereocenters. The molecule has 1 rings (SSSR count). The van der Waals surface area contributed by atoms with Gasteiger partial charge in [-0.25, -0.2) is 9.42 Å². The van der Waals surface area contributed by atoms with Gasteiger partial charge in [0, 0.05) is 5.75 Å². The zero-order chi connectivity index (χ0) is 12.7. The fourth-order valence-electron chi connectivity index (χ4n) is 0.875. The minimum Gasteiger partial charge on any atom is -0.461 e. The molecule has 0 aromatic carbocycles. The molecule has 0 aliphatic heterocycles. The smallest absolute Gasteiger partial charge is 0.363 e. The van der Waals surface area contributed by atoms with E-state index in [0.29, 0.717) is 0 Å². The van der Waals surface area contributed by atoms with Gasteiger partial charge in [-0.3, -0.25) is 0 Å². The highest BCUT2D eigenvalue weighted by Crippen LogP contribution is 2.19. The number of rotatable bonds is 7. The number of carbonyl (C=O) groups is 1. The van der Waals surface area contributed by atoms with E-state index in [2.05, 4.69) is 19.7 Å². The van der Waals surface area contributed by atoms with Crippen LogP contribution >= 0.6 is 11.8 Å². The van der Waals surface area contributed by atoms with Crippen LogP contribution in [0.15, 0.2) is 9.65 Å². The monoisotopic (exact) mass is 268 g/mol. The molecule has 96 valence electrons. The van der Waals surface area contributed by atoms with Gasteiger partial charge in [-0.05, 0) is 17.2 Å². The van der Waals surface area contributed by atoms with Gasteiger partial charge in [0.1, 0.15) is 0 Å². The van der Waals surface area contributed by atoms with Crippen LogP contribution in [0.1, 0.15) is 17.4 Å². The highest BCUT2D eigenvalue weighted by atomic mass is 32.2. The summed E-state index contributed by atoms with van der Waals surface area (Å²) >= 11 is 1.02. The number of alkyl halides is 2. The molecule has 6 nitrogen and oxygen atoms in total. The van der Waals surface area contributed by atoms with Gasteiger partial charge >= 0.3 is 12.6 Å². The number of hydrogen-bond acceptors (Lipinski definition) is 7. The summed E-state index contributed by atoms with van der Waals surface area (Å²) in [5.41, 5.74) is -0.0612. The van der Waals surface area contributed by atoms with Gasteiger partial charge in [-0.15, -0.1) is 0 Å². The molecule has 0 radical (unpaired) electrons. The Kier molecular flexibility index (Phi) is 5.84. The lowest BCUT2D eigenvalue weighted by Gasteiger charge is -2.01. The van der Waals surface area contributed by atoms with Gasteiger partial charge in [-0.1, -0.05) is 11.8 Å². The van der Waals surface area contributed by atoms with Crippen molar-refractivity contribution in [1.82, 2.24) is 10.3 Å². The number of aromatic nitrogens is 2. The Hall–Kier alpha value is -1.22. The standard InChI is InChI=1S/C8H10F2N2O4S/c1-2-14-7(13)5-6(12-16-11-5)17-4-3-15-8(9)10/h8H,2-4H2,1H3. The van der Waals surface area contributed by atoms with Crippen LogP contribution < -0.4 is 0 Å². The number of hydrogen-bond donors (Lipinski definition) is 0. The van der Waals surface area contributed by atoms with Crippen molar-refractivity contribution >= 4 is 17.7 Å². The average molecular weight is 268 g/mol. The minimum absolute atomic E-state index is 0.0612. The van der Waals surface area contributed by atoms with E-state index in [1.807, 2.05) is 0 Å². The third-order valence-corrected chi connectivity index (χ3v) is 2.41. The topological polar surface area (TPSA) is 74.5 Å². The van der Waals surface area contributed by atoms with Gasteiger partial charge in [-0.2, -0.15) is 8.78 Å². The van der Waals surface area contributed by atoms with Crippen LogP contribution in [0.5, 0.6) is 0 Å². The lowest BCUT2D eigenvalue weighted by molar-refractivity contribution is -0.123. The first-order chi connectivity index (χ1) is 8.15. The fourth-order valence-corrected chi connectivity index (χ4v) is 1.59. The Morgan fingerprint density at radius 1 is 1.53 bits per heavy atom. The van der Waals surface area contributed by atoms with Gasteiger partial charge in [0.05, 0.1) is 13.2 Å². The van der Waals surface area contributed by atoms with Crippen molar-refractivity contribution in [2.75, 3.05) is 19.0 Å². The predicted molar refractivity (Wildman–Crippen MR) is 52.9 cm³/mol. The molecule has 0 amide bonds. The fraction of sp³-hybridized carbons (Fsp3) is 0.625. The van der Waals surface area contributed by atoms with Crippen molar-refractivity contribution in [1.29, 1.82) is 0 Å². The molecule has 9 heteroatoms. The molecule has 0 aliphatic rings. The maximum Gasteiger partial charge on any atom is 0.363 e. The quantitative estimate of drug-likeness (QED) is 0.422. The van der Waals surface area contributed by atoms with Crippen LogP contribution in [0, 0.1) is 0 Å². The van der Waals surface area contributed by atoms with E-state index < -0.39 is 12.6 Å². The second-order valence-corrected chi connectivity index (χ2v) is 3.70. The van der Waals surface area contributed by atoms with Gasteiger partial charge in [0.15, 0.2) is 5.03 Å². The molecule has 1 aromatic rings. The van der Waals surface area contributed by atoms with Crippen LogP contribution in [-0.2, 0) is 9.47 Å². The first-order valence-electron chi connectivity index (χ1n) is 4.67. The number of halogens is 2. The Morgan fingerprint density at radius 2 is 2.29 bits per heavy atom. The second kappa shape index (κ2) is 7.17. The average Bonchev–Trinajstić information content (AvgIpc) is 2.72. The molecular formula is C8H10F2N2O4S. The van der Waals surface area contributed by atoms with Gasteiger partial charge in [0.2, 0.25) is 5.69 Å². The summed E-state index contributed by atoms with van der Waals surface area (Å²) in [6.45, 7) is -1.13. The maximum absolute atomic E-state index is 11.7. The van der Waals surface area contributed by atoms with E-state index in [4.69, 9.17) is 4.74 Å². The summed E-state index contributed by atoms with van der Waals surface area (Å²) in [6.07, 6.45) is 0. The molecular weight excluding hydrogens is 258 g/mol. The Bertz CT molecular complexity index is 361. The van der Waals surface area contributed by atoms with Crippen LogP contribution in [0.25, 0.3) is 0 Å². The summed E-state index contributed by atoms with van der Waals surface area (Å²) in [6, 6.07) is 0. The number of thioether (sulfide) groups is 1. The zero-order valence-corrected chi connectivity index (χ0v) is 9.71. The Morgan fingerprint density at radius 3 is 2.94 bits per heavy atom. The molecule has 0 N–H and O–H groups in total. The van der Waals surface area contributed by atoms with E-state index in [1.54, 1.807) is 6.92 Å². The normalized spacial score (nSPS) is 10.8.